The van der Waals surface area contributed by atoms with Gasteiger partial charge in [-0.05, 0) is 113 Å². The third-order valence-corrected chi connectivity index (χ3v) is 11.9. The lowest BCUT2D eigenvalue weighted by Gasteiger charge is -2.29. The monoisotopic (exact) mass is 939 g/mol. The normalized spacial score (nSPS) is 17.1. The van der Waals surface area contributed by atoms with Crippen LogP contribution in [0.3, 0.4) is 0 Å². The van der Waals surface area contributed by atoms with Gasteiger partial charge in [0, 0.05) is 50.6 Å². The molecule has 2 fully saturated rings. The molecule has 3 aromatic carbocycles. The zero-order valence-electron chi connectivity index (χ0n) is 37.4. The number of nitrogens with zero attached hydrogens (tertiary/aromatic N) is 5. The molecule has 1 aromatic heterocycles. The summed E-state index contributed by atoms with van der Waals surface area (Å²) < 4.78 is 22.6. The number of likely N-dealkylation sites (tertiary alicyclic amines) is 1. The minimum atomic E-state index is -1.11. The van der Waals surface area contributed by atoms with Crippen LogP contribution >= 0.6 is 23.8 Å². The van der Waals surface area contributed by atoms with Gasteiger partial charge in [-0.1, -0.05) is 42.4 Å². The Balaban J connectivity index is 0.844. The highest BCUT2D eigenvalue weighted by Gasteiger charge is 2.50. The molecular formula is C48H54ClN7O9S. The summed E-state index contributed by atoms with van der Waals surface area (Å²) in [6.45, 7) is 12.5. The number of anilines is 2. The molecule has 2 aliphatic rings. The summed E-state index contributed by atoms with van der Waals surface area (Å²) in [6, 6.07) is 19.6. The van der Waals surface area contributed by atoms with Crippen LogP contribution in [0.25, 0.3) is 11.3 Å². The van der Waals surface area contributed by atoms with Crippen molar-refractivity contribution in [2.45, 2.75) is 83.6 Å². The van der Waals surface area contributed by atoms with Gasteiger partial charge in [-0.2, -0.15) is 5.26 Å². The second-order valence-electron chi connectivity index (χ2n) is 16.6. The molecule has 16 nitrogen and oxygen atoms in total. The summed E-state index contributed by atoms with van der Waals surface area (Å²) in [7, 11) is 0. The predicted molar refractivity (Wildman–Crippen MR) is 252 cm³/mol. The summed E-state index contributed by atoms with van der Waals surface area (Å²) in [5.41, 5.74) is 3.38. The number of benzene rings is 3. The molecule has 2 aliphatic heterocycles. The number of amides is 4. The van der Waals surface area contributed by atoms with Gasteiger partial charge in [0.2, 0.25) is 17.7 Å². The first-order valence-corrected chi connectivity index (χ1v) is 22.4. The highest BCUT2D eigenvalue weighted by molar-refractivity contribution is 7.81. The molecule has 2 saturated heterocycles. The summed E-state index contributed by atoms with van der Waals surface area (Å²) >= 11 is 12.0. The smallest absolute Gasteiger partial charge is 0.259 e. The van der Waals surface area contributed by atoms with Crippen LogP contribution in [0.2, 0.25) is 5.02 Å². The van der Waals surface area contributed by atoms with Crippen molar-refractivity contribution >= 4 is 63.9 Å². The van der Waals surface area contributed by atoms with Crippen LogP contribution in [-0.4, -0.2) is 107 Å². The minimum Gasteiger partial charge on any atom is -0.494 e. The number of aryl methyl sites for hydroxylation is 1. The largest absolute Gasteiger partial charge is 0.494 e. The summed E-state index contributed by atoms with van der Waals surface area (Å²) in [4.78, 5) is 61.9. The summed E-state index contributed by atoms with van der Waals surface area (Å²) in [6.07, 6.45) is 2.62. The number of rotatable bonds is 21. The van der Waals surface area contributed by atoms with E-state index in [0.29, 0.717) is 59.7 Å². The molecule has 66 heavy (non-hydrogen) atoms. The molecule has 3 heterocycles. The van der Waals surface area contributed by atoms with Crippen molar-refractivity contribution in [1.29, 1.82) is 5.26 Å². The molecule has 3 N–H and O–H groups in total. The molecule has 0 unspecified atom stereocenters. The fourth-order valence-electron chi connectivity index (χ4n) is 7.64. The van der Waals surface area contributed by atoms with Gasteiger partial charge >= 0.3 is 0 Å². The van der Waals surface area contributed by atoms with Crippen LogP contribution in [0.4, 0.5) is 11.4 Å². The molecule has 18 heteroatoms. The zero-order valence-corrected chi connectivity index (χ0v) is 39.0. The minimum absolute atomic E-state index is 0.0574. The van der Waals surface area contributed by atoms with Gasteiger partial charge in [-0.15, -0.1) is 0 Å². The van der Waals surface area contributed by atoms with Crippen molar-refractivity contribution in [2.24, 2.45) is 0 Å². The van der Waals surface area contributed by atoms with Crippen LogP contribution < -0.4 is 25.2 Å². The standard InChI is InChI=1S/C48H54ClN7O9S/c1-30(2)42(45(60)54-27-37(57)24-40(54)44(59)51-26-32-9-11-33(12-10-32)43-31(3)52-29-65-43)53-41(58)28-63-21-8-20-62-19-6-7-22-64-38-17-15-35(16-18-38)56-47(66)55(46(61)48(56,4)5)36-14-13-34(25-50)39(49)23-36/h9-18,23,29,37,40,42,57H,1,6-8,19-22,24,26-28H2,2-5H3,(H,51,59)(H,53,58)/t37-,40+,42+/m1/s1. The number of carbonyl (C=O) groups is 4. The first-order valence-electron chi connectivity index (χ1n) is 21.6. The Morgan fingerprint density at radius 2 is 1.71 bits per heavy atom. The third-order valence-electron chi connectivity index (χ3n) is 11.2. The summed E-state index contributed by atoms with van der Waals surface area (Å²) in [5.74, 6) is -0.359. The van der Waals surface area contributed by atoms with Crippen LogP contribution in [0.15, 0.2) is 89.7 Å². The molecule has 3 atom stereocenters. The zero-order chi connectivity index (χ0) is 47.5. The van der Waals surface area contributed by atoms with Gasteiger partial charge in [0.05, 0.1) is 34.7 Å². The number of thiocarbonyl (C=S) groups is 1. The molecule has 0 saturated carbocycles. The van der Waals surface area contributed by atoms with Crippen molar-refractivity contribution in [3.63, 3.8) is 0 Å². The number of aromatic nitrogens is 1. The van der Waals surface area contributed by atoms with Crippen LogP contribution in [0.1, 0.15) is 63.3 Å². The van der Waals surface area contributed by atoms with E-state index in [9.17, 15) is 29.5 Å². The number of oxazole rings is 1. The maximum Gasteiger partial charge on any atom is 0.259 e. The van der Waals surface area contributed by atoms with Gasteiger partial charge in [-0.25, -0.2) is 4.98 Å². The number of unbranched alkanes of at least 4 members (excludes halogenated alkanes) is 1. The van der Waals surface area contributed by atoms with E-state index in [2.05, 4.69) is 22.2 Å². The molecule has 348 valence electrons. The molecule has 0 radical (unpaired) electrons. The Morgan fingerprint density at radius 1 is 1.03 bits per heavy atom. The first-order chi connectivity index (χ1) is 31.6. The maximum atomic E-state index is 13.7. The van der Waals surface area contributed by atoms with Gasteiger partial charge < -0.3 is 44.2 Å². The second-order valence-corrected chi connectivity index (χ2v) is 17.4. The van der Waals surface area contributed by atoms with E-state index < -0.39 is 41.4 Å². The molecule has 0 bridgehead atoms. The Morgan fingerprint density at radius 3 is 2.38 bits per heavy atom. The number of nitrogens with one attached hydrogen (secondary N) is 2. The SMILES string of the molecule is C=C(C)[C@H](NC(=O)COCCCOCCCCOc1ccc(N2C(=S)N(c3ccc(C#N)c(Cl)c3)C(=O)C2(C)C)cc1)C(=O)N1C[C@H](O)C[C@H]1C(=O)NCc1ccc(-c2ocnc2C)cc1. The third kappa shape index (κ3) is 11.8. The number of β-amino-alcohol motifs (C(OH)–C–C–N with tert-alkyl or cyclic N) is 1. The van der Waals surface area contributed by atoms with Crippen LogP contribution in [-0.2, 0) is 35.2 Å². The number of hydrogen-bond donors (Lipinski definition) is 3. The molecule has 4 amide bonds. The molecule has 6 rings (SSSR count). The fourth-order valence-corrected chi connectivity index (χ4v) is 8.38. The van der Waals surface area contributed by atoms with Gasteiger partial charge in [0.25, 0.3) is 5.91 Å². The number of hydrogen-bond acceptors (Lipinski definition) is 12. The van der Waals surface area contributed by atoms with E-state index >= 15 is 0 Å². The lowest BCUT2D eigenvalue weighted by atomic mass is 10.0. The number of nitriles is 1. The Hall–Kier alpha value is -6.16. The van der Waals surface area contributed by atoms with E-state index in [1.54, 1.807) is 43.9 Å². The highest BCUT2D eigenvalue weighted by Crippen LogP contribution is 2.38. The van der Waals surface area contributed by atoms with Crippen LogP contribution in [0.5, 0.6) is 5.75 Å². The van der Waals surface area contributed by atoms with E-state index in [1.807, 2.05) is 61.5 Å². The number of aliphatic hydroxyl groups is 1. The van der Waals surface area contributed by atoms with Crippen molar-refractivity contribution in [1.82, 2.24) is 20.5 Å². The topological polar surface area (TPSA) is 200 Å². The average molecular weight is 941 g/mol. The highest BCUT2D eigenvalue weighted by atomic mass is 35.5. The molecular weight excluding hydrogens is 886 g/mol. The van der Waals surface area contributed by atoms with Crippen molar-refractivity contribution in [3.05, 3.63) is 107 Å². The average Bonchev–Trinajstić information content (AvgIpc) is 3.96. The summed E-state index contributed by atoms with van der Waals surface area (Å²) in [5, 5.41) is 25.8. The molecule has 0 aliphatic carbocycles. The van der Waals surface area contributed by atoms with Crippen molar-refractivity contribution in [2.75, 3.05) is 49.4 Å². The number of aliphatic hydroxyl groups excluding tert-OH is 1. The van der Waals surface area contributed by atoms with Gasteiger partial charge in [0.15, 0.2) is 17.3 Å². The van der Waals surface area contributed by atoms with Crippen molar-refractivity contribution in [3.8, 4) is 23.1 Å². The predicted octanol–water partition coefficient (Wildman–Crippen LogP) is 6.01. The van der Waals surface area contributed by atoms with E-state index in [1.165, 1.54) is 16.2 Å². The first kappa shape index (κ1) is 49.3. The Labute approximate surface area is 394 Å². The Kier molecular flexibility index (Phi) is 16.7. The van der Waals surface area contributed by atoms with Gasteiger partial charge in [0.1, 0.15) is 36.0 Å². The van der Waals surface area contributed by atoms with E-state index in [0.717, 1.165) is 35.3 Å². The lowest BCUT2D eigenvalue weighted by Crippen LogP contribution is -2.54. The maximum absolute atomic E-state index is 13.7. The van der Waals surface area contributed by atoms with Crippen molar-refractivity contribution < 1.29 is 42.9 Å². The lowest BCUT2D eigenvalue weighted by molar-refractivity contribution is -0.141. The van der Waals surface area contributed by atoms with Crippen LogP contribution in [0, 0.1) is 18.3 Å². The Bertz CT molecular complexity index is 2450. The quantitative estimate of drug-likeness (QED) is 0.0499. The number of halogens is 1. The number of carbonyl (C=O) groups excluding carboxylic acids is 4. The second kappa shape index (κ2) is 22.4. The van der Waals surface area contributed by atoms with E-state index in [-0.39, 0.29) is 43.7 Å². The van der Waals surface area contributed by atoms with E-state index in [4.69, 9.17) is 42.4 Å². The van der Waals surface area contributed by atoms with Gasteiger partial charge in [-0.3, -0.25) is 24.1 Å². The molecule has 4 aromatic rings. The fraction of sp³-hybridized carbons (Fsp3) is 0.396. The molecule has 0 spiro atoms. The number of ether oxygens (including phenoxy) is 3.